The highest BCUT2D eigenvalue weighted by atomic mass is 32.2. The van der Waals surface area contributed by atoms with Crippen molar-refractivity contribution in [1.29, 1.82) is 0 Å². The standard InChI is InChI=1S/C19H20FN5O2S/c1-2-24(12-17(26)21-11-14-6-8-15(20)9-7-14)18(27)13-28-19-23-22-16-5-3-4-10-25(16)19/h3-10H,2,11-13H2,1H3,(H,21,26). The summed E-state index contributed by atoms with van der Waals surface area (Å²) in [6.45, 7) is 2.50. The average molecular weight is 401 g/mol. The van der Waals surface area contributed by atoms with Crippen LogP contribution >= 0.6 is 11.8 Å². The molecule has 3 aromatic rings. The predicted molar refractivity (Wildman–Crippen MR) is 104 cm³/mol. The van der Waals surface area contributed by atoms with Crippen molar-refractivity contribution >= 4 is 29.2 Å². The zero-order chi connectivity index (χ0) is 19.9. The number of carbonyl (C=O) groups excluding carboxylic acids is 2. The highest BCUT2D eigenvalue weighted by Crippen LogP contribution is 2.17. The summed E-state index contributed by atoms with van der Waals surface area (Å²) in [6.07, 6.45) is 1.84. The van der Waals surface area contributed by atoms with Gasteiger partial charge in [-0.3, -0.25) is 14.0 Å². The molecule has 2 heterocycles. The van der Waals surface area contributed by atoms with Crippen LogP contribution < -0.4 is 5.32 Å². The van der Waals surface area contributed by atoms with Gasteiger partial charge < -0.3 is 10.2 Å². The van der Waals surface area contributed by atoms with Crippen LogP contribution in [0.5, 0.6) is 0 Å². The number of carbonyl (C=O) groups is 2. The van der Waals surface area contributed by atoms with E-state index in [2.05, 4.69) is 15.5 Å². The second-order valence-electron chi connectivity index (χ2n) is 6.01. The summed E-state index contributed by atoms with van der Waals surface area (Å²) in [7, 11) is 0. The van der Waals surface area contributed by atoms with E-state index in [0.717, 1.165) is 5.56 Å². The molecule has 0 aliphatic rings. The SMILES string of the molecule is CCN(CC(=O)NCc1ccc(F)cc1)C(=O)CSc1nnc2ccccn12. The lowest BCUT2D eigenvalue weighted by molar-refractivity contribution is -0.133. The van der Waals surface area contributed by atoms with Gasteiger partial charge in [0.05, 0.1) is 12.3 Å². The summed E-state index contributed by atoms with van der Waals surface area (Å²) in [5, 5.41) is 11.5. The van der Waals surface area contributed by atoms with E-state index in [4.69, 9.17) is 0 Å². The molecule has 2 amide bonds. The van der Waals surface area contributed by atoms with Gasteiger partial charge in [-0.05, 0) is 36.8 Å². The molecule has 0 aliphatic carbocycles. The van der Waals surface area contributed by atoms with Gasteiger partial charge in [-0.25, -0.2) is 4.39 Å². The summed E-state index contributed by atoms with van der Waals surface area (Å²) in [4.78, 5) is 26.1. The van der Waals surface area contributed by atoms with Gasteiger partial charge in [0.2, 0.25) is 11.8 Å². The molecule has 0 bridgehead atoms. The maximum atomic E-state index is 12.9. The number of rotatable bonds is 8. The number of hydrogen-bond donors (Lipinski definition) is 1. The Labute approximate surface area is 165 Å². The monoisotopic (exact) mass is 401 g/mol. The van der Waals surface area contributed by atoms with E-state index in [0.29, 0.717) is 17.3 Å². The molecule has 0 spiro atoms. The normalized spacial score (nSPS) is 10.8. The van der Waals surface area contributed by atoms with Crippen LogP contribution in [0.3, 0.4) is 0 Å². The van der Waals surface area contributed by atoms with Crippen molar-refractivity contribution < 1.29 is 14.0 Å². The molecule has 0 unspecified atom stereocenters. The lowest BCUT2D eigenvalue weighted by atomic mass is 10.2. The average Bonchev–Trinajstić information content (AvgIpc) is 3.13. The van der Waals surface area contributed by atoms with Crippen LogP contribution in [-0.2, 0) is 16.1 Å². The maximum Gasteiger partial charge on any atom is 0.239 e. The topological polar surface area (TPSA) is 79.6 Å². The number of nitrogens with one attached hydrogen (secondary N) is 1. The number of fused-ring (bicyclic) bond motifs is 1. The van der Waals surface area contributed by atoms with Gasteiger partial charge in [0.25, 0.3) is 0 Å². The Morgan fingerprint density at radius 3 is 2.71 bits per heavy atom. The highest BCUT2D eigenvalue weighted by Gasteiger charge is 2.17. The summed E-state index contributed by atoms with van der Waals surface area (Å²) < 4.78 is 14.7. The van der Waals surface area contributed by atoms with E-state index in [9.17, 15) is 14.0 Å². The summed E-state index contributed by atoms with van der Waals surface area (Å²) >= 11 is 1.28. The van der Waals surface area contributed by atoms with Crippen LogP contribution in [0, 0.1) is 5.82 Å². The van der Waals surface area contributed by atoms with Crippen LogP contribution in [0.4, 0.5) is 4.39 Å². The molecule has 2 aromatic heterocycles. The number of thioether (sulfide) groups is 1. The third kappa shape index (κ3) is 5.07. The first-order chi connectivity index (χ1) is 13.6. The van der Waals surface area contributed by atoms with Crippen molar-refractivity contribution in [3.8, 4) is 0 Å². The van der Waals surface area contributed by atoms with E-state index in [-0.39, 0.29) is 36.5 Å². The van der Waals surface area contributed by atoms with Crippen molar-refractivity contribution in [2.75, 3.05) is 18.8 Å². The molecule has 0 radical (unpaired) electrons. The molecule has 1 N–H and O–H groups in total. The molecule has 3 rings (SSSR count). The number of aromatic nitrogens is 3. The second kappa shape index (κ2) is 9.32. The molecule has 0 aliphatic heterocycles. The predicted octanol–water partition coefficient (Wildman–Crippen LogP) is 2.13. The Bertz CT molecular complexity index is 960. The van der Waals surface area contributed by atoms with Gasteiger partial charge in [0.1, 0.15) is 5.82 Å². The Morgan fingerprint density at radius 2 is 1.96 bits per heavy atom. The Kier molecular flexibility index (Phi) is 6.59. The fraction of sp³-hybridized carbons (Fsp3) is 0.263. The highest BCUT2D eigenvalue weighted by molar-refractivity contribution is 7.99. The lowest BCUT2D eigenvalue weighted by Gasteiger charge is -2.20. The molecule has 28 heavy (non-hydrogen) atoms. The molecule has 0 fully saturated rings. The Balaban J connectivity index is 1.50. The first kappa shape index (κ1) is 19.8. The van der Waals surface area contributed by atoms with Crippen molar-refractivity contribution in [2.24, 2.45) is 0 Å². The van der Waals surface area contributed by atoms with Crippen LogP contribution in [0.25, 0.3) is 5.65 Å². The third-order valence-corrected chi connectivity index (χ3v) is 5.01. The van der Waals surface area contributed by atoms with Crippen molar-refractivity contribution in [2.45, 2.75) is 18.6 Å². The number of benzene rings is 1. The fourth-order valence-electron chi connectivity index (χ4n) is 2.54. The van der Waals surface area contributed by atoms with E-state index in [1.54, 1.807) is 12.1 Å². The summed E-state index contributed by atoms with van der Waals surface area (Å²) in [5.74, 6) is -0.584. The molecule has 7 nitrogen and oxygen atoms in total. The van der Waals surface area contributed by atoms with Gasteiger partial charge in [0.15, 0.2) is 10.8 Å². The smallest absolute Gasteiger partial charge is 0.239 e. The molecular weight excluding hydrogens is 381 g/mol. The first-order valence-electron chi connectivity index (χ1n) is 8.78. The summed E-state index contributed by atoms with van der Waals surface area (Å²) in [5.41, 5.74) is 1.50. The van der Waals surface area contributed by atoms with E-state index >= 15 is 0 Å². The quantitative estimate of drug-likeness (QED) is 0.585. The van der Waals surface area contributed by atoms with Gasteiger partial charge in [0, 0.05) is 19.3 Å². The largest absolute Gasteiger partial charge is 0.350 e. The zero-order valence-electron chi connectivity index (χ0n) is 15.3. The van der Waals surface area contributed by atoms with Crippen LogP contribution in [-0.4, -0.2) is 50.2 Å². The minimum Gasteiger partial charge on any atom is -0.350 e. The zero-order valence-corrected chi connectivity index (χ0v) is 16.2. The molecule has 0 atom stereocenters. The van der Waals surface area contributed by atoms with Crippen molar-refractivity contribution in [1.82, 2.24) is 24.8 Å². The lowest BCUT2D eigenvalue weighted by Crippen LogP contribution is -2.41. The molecule has 1 aromatic carbocycles. The van der Waals surface area contributed by atoms with Crippen LogP contribution in [0.2, 0.25) is 0 Å². The van der Waals surface area contributed by atoms with E-state index < -0.39 is 0 Å². The second-order valence-corrected chi connectivity index (χ2v) is 6.95. The molecule has 146 valence electrons. The molecule has 0 saturated heterocycles. The Morgan fingerprint density at radius 1 is 1.18 bits per heavy atom. The minimum absolute atomic E-state index is 0.0301. The molecular formula is C19H20FN5O2S. The number of nitrogens with zero attached hydrogens (tertiary/aromatic N) is 4. The minimum atomic E-state index is -0.323. The third-order valence-electron chi connectivity index (χ3n) is 4.08. The Hall–Kier alpha value is -2.94. The van der Waals surface area contributed by atoms with Crippen LogP contribution in [0.1, 0.15) is 12.5 Å². The summed E-state index contributed by atoms with van der Waals surface area (Å²) in [6, 6.07) is 11.5. The number of pyridine rings is 1. The number of halogens is 1. The van der Waals surface area contributed by atoms with Gasteiger partial charge in [-0.2, -0.15) is 0 Å². The fourth-order valence-corrected chi connectivity index (χ4v) is 3.37. The molecule has 9 heteroatoms. The van der Waals surface area contributed by atoms with E-state index in [1.165, 1.54) is 28.8 Å². The number of amides is 2. The van der Waals surface area contributed by atoms with Crippen molar-refractivity contribution in [3.63, 3.8) is 0 Å². The first-order valence-corrected chi connectivity index (χ1v) is 9.77. The maximum absolute atomic E-state index is 12.9. The van der Waals surface area contributed by atoms with Crippen molar-refractivity contribution in [3.05, 3.63) is 60.0 Å². The molecule has 0 saturated carbocycles. The van der Waals surface area contributed by atoms with Gasteiger partial charge >= 0.3 is 0 Å². The number of likely N-dealkylation sites (N-methyl/N-ethyl adjacent to an activating group) is 1. The van der Waals surface area contributed by atoms with Crippen LogP contribution in [0.15, 0.2) is 53.8 Å². The van der Waals surface area contributed by atoms with Gasteiger partial charge in [-0.1, -0.05) is 30.0 Å². The van der Waals surface area contributed by atoms with Gasteiger partial charge in [-0.15, -0.1) is 10.2 Å². The number of hydrogen-bond acceptors (Lipinski definition) is 5. The van der Waals surface area contributed by atoms with E-state index in [1.807, 2.05) is 35.7 Å².